The molecular formula is C9H14Cl2N2O. The molecule has 80 valence electrons. The number of aromatic nitrogens is 1. The SMILES string of the molecule is C[C@H]1Oc2cccnc2[C@@H]1CN.Cl.Cl. The highest BCUT2D eigenvalue weighted by Gasteiger charge is 2.30. The Balaban J connectivity index is 0.000000845. The molecule has 0 fully saturated rings. The lowest BCUT2D eigenvalue weighted by Crippen LogP contribution is -2.22. The summed E-state index contributed by atoms with van der Waals surface area (Å²) in [5, 5.41) is 0. The van der Waals surface area contributed by atoms with Crippen molar-refractivity contribution in [2.24, 2.45) is 5.73 Å². The van der Waals surface area contributed by atoms with Crippen LogP contribution in [-0.2, 0) is 0 Å². The van der Waals surface area contributed by atoms with Crippen molar-refractivity contribution in [1.29, 1.82) is 0 Å². The lowest BCUT2D eigenvalue weighted by atomic mass is 10.0. The minimum atomic E-state index is 0. The van der Waals surface area contributed by atoms with Crippen molar-refractivity contribution >= 4 is 24.8 Å². The fraction of sp³-hybridized carbons (Fsp3) is 0.444. The van der Waals surface area contributed by atoms with E-state index in [1.54, 1.807) is 6.20 Å². The van der Waals surface area contributed by atoms with Gasteiger partial charge in [0.15, 0.2) is 0 Å². The van der Waals surface area contributed by atoms with Gasteiger partial charge in [0.25, 0.3) is 0 Å². The highest BCUT2D eigenvalue weighted by Crippen LogP contribution is 2.35. The summed E-state index contributed by atoms with van der Waals surface area (Å²) >= 11 is 0. The normalized spacial score (nSPS) is 22.7. The van der Waals surface area contributed by atoms with Crippen LogP contribution in [0, 0.1) is 0 Å². The van der Waals surface area contributed by atoms with Gasteiger partial charge in [-0.2, -0.15) is 0 Å². The molecule has 1 aromatic rings. The molecule has 0 amide bonds. The highest BCUT2D eigenvalue weighted by atomic mass is 35.5. The molecule has 0 saturated heterocycles. The van der Waals surface area contributed by atoms with Crippen LogP contribution in [-0.4, -0.2) is 17.6 Å². The first kappa shape index (κ1) is 13.5. The smallest absolute Gasteiger partial charge is 0.141 e. The fourth-order valence-electron chi connectivity index (χ4n) is 1.59. The van der Waals surface area contributed by atoms with Crippen LogP contribution >= 0.6 is 24.8 Å². The number of hydrogen-bond acceptors (Lipinski definition) is 3. The predicted octanol–water partition coefficient (Wildman–Crippen LogP) is 1.75. The molecular weight excluding hydrogens is 223 g/mol. The van der Waals surface area contributed by atoms with E-state index in [4.69, 9.17) is 10.5 Å². The van der Waals surface area contributed by atoms with E-state index < -0.39 is 0 Å². The van der Waals surface area contributed by atoms with Crippen molar-refractivity contribution in [2.45, 2.75) is 18.9 Å². The number of rotatable bonds is 1. The van der Waals surface area contributed by atoms with Crippen LogP contribution in [0.4, 0.5) is 0 Å². The molecule has 2 atom stereocenters. The van der Waals surface area contributed by atoms with Crippen molar-refractivity contribution in [3.63, 3.8) is 0 Å². The van der Waals surface area contributed by atoms with Crippen LogP contribution in [0.2, 0.25) is 0 Å². The van der Waals surface area contributed by atoms with Gasteiger partial charge in [0.1, 0.15) is 11.9 Å². The first-order valence-electron chi connectivity index (χ1n) is 4.14. The third kappa shape index (κ3) is 2.11. The number of fused-ring (bicyclic) bond motifs is 1. The summed E-state index contributed by atoms with van der Waals surface area (Å²) in [7, 11) is 0. The van der Waals surface area contributed by atoms with Crippen LogP contribution in [0.25, 0.3) is 0 Å². The van der Waals surface area contributed by atoms with Gasteiger partial charge in [-0.05, 0) is 19.1 Å². The molecule has 0 unspecified atom stereocenters. The van der Waals surface area contributed by atoms with E-state index in [1.165, 1.54) is 0 Å². The molecule has 0 radical (unpaired) electrons. The van der Waals surface area contributed by atoms with Gasteiger partial charge >= 0.3 is 0 Å². The Hall–Kier alpha value is -0.510. The van der Waals surface area contributed by atoms with Gasteiger partial charge in [0.05, 0.1) is 11.6 Å². The van der Waals surface area contributed by atoms with Crippen molar-refractivity contribution in [1.82, 2.24) is 4.98 Å². The minimum Gasteiger partial charge on any atom is -0.488 e. The third-order valence-electron chi connectivity index (χ3n) is 2.28. The van der Waals surface area contributed by atoms with Crippen molar-refractivity contribution in [2.75, 3.05) is 6.54 Å². The molecule has 2 rings (SSSR count). The first-order chi connectivity index (χ1) is 5.83. The molecule has 1 aliphatic heterocycles. The zero-order valence-corrected chi connectivity index (χ0v) is 9.48. The van der Waals surface area contributed by atoms with Gasteiger partial charge in [-0.3, -0.25) is 4.98 Å². The number of hydrogen-bond donors (Lipinski definition) is 1. The van der Waals surface area contributed by atoms with Crippen molar-refractivity contribution < 1.29 is 4.74 Å². The summed E-state index contributed by atoms with van der Waals surface area (Å²) in [4.78, 5) is 4.26. The first-order valence-corrected chi connectivity index (χ1v) is 4.14. The summed E-state index contributed by atoms with van der Waals surface area (Å²) in [5.41, 5.74) is 6.63. The molecule has 0 aromatic carbocycles. The predicted molar refractivity (Wildman–Crippen MR) is 60.6 cm³/mol. The van der Waals surface area contributed by atoms with E-state index in [1.807, 2.05) is 19.1 Å². The van der Waals surface area contributed by atoms with E-state index in [9.17, 15) is 0 Å². The summed E-state index contributed by atoms with van der Waals surface area (Å²) < 4.78 is 5.57. The summed E-state index contributed by atoms with van der Waals surface area (Å²) in [6, 6.07) is 3.82. The molecule has 0 saturated carbocycles. The largest absolute Gasteiger partial charge is 0.488 e. The van der Waals surface area contributed by atoms with Crippen molar-refractivity contribution in [3.05, 3.63) is 24.0 Å². The van der Waals surface area contributed by atoms with E-state index in [0.717, 1.165) is 11.4 Å². The molecule has 1 aromatic heterocycles. The van der Waals surface area contributed by atoms with Gasteiger partial charge in [-0.1, -0.05) is 0 Å². The zero-order chi connectivity index (χ0) is 8.55. The van der Waals surface area contributed by atoms with Crippen LogP contribution in [0.1, 0.15) is 18.5 Å². The van der Waals surface area contributed by atoms with Crippen LogP contribution in [0.15, 0.2) is 18.3 Å². The number of halogens is 2. The van der Waals surface area contributed by atoms with Gasteiger partial charge in [-0.15, -0.1) is 24.8 Å². The van der Waals surface area contributed by atoms with Crippen molar-refractivity contribution in [3.8, 4) is 5.75 Å². The Morgan fingerprint density at radius 1 is 1.50 bits per heavy atom. The maximum atomic E-state index is 5.62. The topological polar surface area (TPSA) is 48.1 Å². The standard InChI is InChI=1S/C9H12N2O.2ClH/c1-6-7(5-10)9-8(12-6)3-2-4-11-9;;/h2-4,6-7H,5,10H2,1H3;2*1H/t6-,7-;;/m1../s1. The Morgan fingerprint density at radius 3 is 2.86 bits per heavy atom. The number of nitrogens with zero attached hydrogens (tertiary/aromatic N) is 1. The third-order valence-corrected chi connectivity index (χ3v) is 2.28. The second kappa shape index (κ2) is 5.39. The number of pyridine rings is 1. The zero-order valence-electron chi connectivity index (χ0n) is 7.84. The second-order valence-electron chi connectivity index (χ2n) is 3.05. The molecule has 3 nitrogen and oxygen atoms in total. The Bertz CT molecular complexity index is 296. The summed E-state index contributed by atoms with van der Waals surface area (Å²) in [6.07, 6.45) is 1.95. The van der Waals surface area contributed by atoms with E-state index in [2.05, 4.69) is 4.98 Å². The van der Waals surface area contributed by atoms with Gasteiger partial charge in [0, 0.05) is 12.7 Å². The van der Waals surface area contributed by atoms with Crippen LogP contribution in [0.3, 0.4) is 0 Å². The molecule has 5 heteroatoms. The lowest BCUT2D eigenvalue weighted by Gasteiger charge is -2.10. The van der Waals surface area contributed by atoms with Gasteiger partial charge in [0.2, 0.25) is 0 Å². The second-order valence-corrected chi connectivity index (χ2v) is 3.05. The van der Waals surface area contributed by atoms with E-state index >= 15 is 0 Å². The average molecular weight is 237 g/mol. The lowest BCUT2D eigenvalue weighted by molar-refractivity contribution is 0.228. The number of ether oxygens (including phenoxy) is 1. The quantitative estimate of drug-likeness (QED) is 0.809. The molecule has 0 bridgehead atoms. The fourth-order valence-corrected chi connectivity index (χ4v) is 1.59. The molecule has 14 heavy (non-hydrogen) atoms. The maximum Gasteiger partial charge on any atom is 0.141 e. The van der Waals surface area contributed by atoms with Crippen LogP contribution in [0.5, 0.6) is 5.75 Å². The number of nitrogens with two attached hydrogens (primary N) is 1. The van der Waals surface area contributed by atoms with Crippen LogP contribution < -0.4 is 10.5 Å². The van der Waals surface area contributed by atoms with Gasteiger partial charge in [-0.25, -0.2) is 0 Å². The Morgan fingerprint density at radius 2 is 2.21 bits per heavy atom. The summed E-state index contributed by atoms with van der Waals surface area (Å²) in [5.74, 6) is 1.15. The average Bonchev–Trinajstić information content (AvgIpc) is 2.40. The summed E-state index contributed by atoms with van der Waals surface area (Å²) in [6.45, 7) is 2.63. The van der Waals surface area contributed by atoms with Gasteiger partial charge < -0.3 is 10.5 Å². The molecule has 2 heterocycles. The Kier molecular flexibility index (Phi) is 5.19. The molecule has 0 aliphatic carbocycles. The minimum absolute atomic E-state index is 0. The van der Waals surface area contributed by atoms with E-state index in [0.29, 0.717) is 6.54 Å². The molecule has 2 N–H and O–H groups in total. The monoisotopic (exact) mass is 236 g/mol. The molecule has 0 spiro atoms. The highest BCUT2D eigenvalue weighted by molar-refractivity contribution is 5.85. The van der Waals surface area contributed by atoms with E-state index in [-0.39, 0.29) is 36.8 Å². The Labute approximate surface area is 95.9 Å². The molecule has 1 aliphatic rings. The maximum absolute atomic E-state index is 5.62.